The fourth-order valence-corrected chi connectivity index (χ4v) is 2.71. The summed E-state index contributed by atoms with van der Waals surface area (Å²) in [4.78, 5) is 2.35. The summed E-state index contributed by atoms with van der Waals surface area (Å²) in [6.07, 6.45) is 2.24. The van der Waals surface area contributed by atoms with E-state index in [0.29, 0.717) is 6.04 Å². The van der Waals surface area contributed by atoms with Crippen LogP contribution in [0.3, 0.4) is 0 Å². The second kappa shape index (κ2) is 5.87. The molecule has 0 amide bonds. The number of anilines is 2. The molecular weight excluding hydrogens is 248 g/mol. The molecule has 1 aliphatic heterocycles. The normalized spacial score (nSPS) is 16.1. The third-order valence-electron chi connectivity index (χ3n) is 3.84. The van der Waals surface area contributed by atoms with Gasteiger partial charge in [0.05, 0.1) is 0 Å². The minimum Gasteiger partial charge on any atom is -0.382 e. The molecule has 103 valence electrons. The molecule has 1 aliphatic rings. The van der Waals surface area contributed by atoms with Crippen LogP contribution in [0.25, 0.3) is 0 Å². The highest BCUT2D eigenvalue weighted by Crippen LogP contribution is 2.23. The summed E-state index contributed by atoms with van der Waals surface area (Å²) in [6.45, 7) is 2.06. The lowest BCUT2D eigenvalue weighted by molar-refractivity contribution is 0.355. The third-order valence-corrected chi connectivity index (χ3v) is 3.84. The van der Waals surface area contributed by atoms with Crippen molar-refractivity contribution in [2.45, 2.75) is 18.9 Å². The molecule has 1 N–H and O–H groups in total. The molecule has 2 aromatic rings. The number of piperidine rings is 1. The molecule has 1 fully saturated rings. The van der Waals surface area contributed by atoms with E-state index in [2.05, 4.69) is 34.5 Å². The predicted molar refractivity (Wildman–Crippen MR) is 81.9 cm³/mol. The first kappa shape index (κ1) is 12.9. The Balaban J connectivity index is 1.55. The lowest BCUT2D eigenvalue weighted by Crippen LogP contribution is -2.39. The summed E-state index contributed by atoms with van der Waals surface area (Å²) in [5, 5.41) is 14.7. The van der Waals surface area contributed by atoms with Crippen LogP contribution in [0.15, 0.2) is 54.6 Å². The number of para-hydroxylation sites is 1. The Morgan fingerprint density at radius 3 is 2.20 bits per heavy atom. The van der Waals surface area contributed by atoms with E-state index in [1.165, 1.54) is 5.69 Å². The van der Waals surface area contributed by atoms with E-state index in [-0.39, 0.29) is 5.75 Å². The quantitative estimate of drug-likeness (QED) is 0.915. The number of hydrogen-bond donors (Lipinski definition) is 1. The molecule has 1 radical (unpaired) electrons. The summed E-state index contributed by atoms with van der Waals surface area (Å²) < 4.78 is 0. The van der Waals surface area contributed by atoms with Crippen molar-refractivity contribution >= 4 is 11.4 Å². The number of nitrogens with one attached hydrogen (secondary N) is 1. The Kier molecular flexibility index (Phi) is 3.77. The third kappa shape index (κ3) is 3.05. The highest BCUT2D eigenvalue weighted by molar-refractivity contribution is 5.50. The summed E-state index contributed by atoms with van der Waals surface area (Å²) in [6, 6.07) is 18.0. The van der Waals surface area contributed by atoms with Gasteiger partial charge < -0.3 is 10.2 Å². The van der Waals surface area contributed by atoms with Crippen LogP contribution in [0.2, 0.25) is 0 Å². The Bertz CT molecular complexity index is 531. The van der Waals surface area contributed by atoms with E-state index in [1.54, 1.807) is 12.1 Å². The number of nitrogens with zero attached hydrogens (tertiary/aromatic N) is 1. The molecule has 0 spiro atoms. The first-order chi connectivity index (χ1) is 9.81. The van der Waals surface area contributed by atoms with Crippen LogP contribution in [-0.4, -0.2) is 19.1 Å². The highest BCUT2D eigenvalue weighted by atomic mass is 16.3. The topological polar surface area (TPSA) is 35.2 Å². The van der Waals surface area contributed by atoms with Crippen LogP contribution < -0.4 is 10.2 Å². The lowest BCUT2D eigenvalue weighted by Gasteiger charge is -2.34. The van der Waals surface area contributed by atoms with Gasteiger partial charge in [-0.3, -0.25) is 5.11 Å². The van der Waals surface area contributed by atoms with Gasteiger partial charge in [0.25, 0.3) is 0 Å². The van der Waals surface area contributed by atoms with Gasteiger partial charge in [-0.25, -0.2) is 0 Å². The summed E-state index contributed by atoms with van der Waals surface area (Å²) in [7, 11) is 0. The number of rotatable bonds is 3. The number of hydrogen-bond acceptors (Lipinski definition) is 2. The van der Waals surface area contributed by atoms with Crippen LogP contribution in [0, 0.1) is 0 Å². The second-order valence-corrected chi connectivity index (χ2v) is 5.27. The van der Waals surface area contributed by atoms with Crippen molar-refractivity contribution in [3.8, 4) is 5.75 Å². The van der Waals surface area contributed by atoms with E-state index in [1.807, 2.05) is 18.2 Å². The Morgan fingerprint density at radius 2 is 1.55 bits per heavy atom. The van der Waals surface area contributed by atoms with Crippen molar-refractivity contribution in [2.75, 3.05) is 23.3 Å². The fourth-order valence-electron chi connectivity index (χ4n) is 2.71. The van der Waals surface area contributed by atoms with Gasteiger partial charge in [-0.1, -0.05) is 18.2 Å². The average Bonchev–Trinajstić information content (AvgIpc) is 2.50. The Hall–Kier alpha value is -2.16. The summed E-state index contributed by atoms with van der Waals surface area (Å²) in [5.41, 5.74) is 2.35. The molecule has 2 aromatic carbocycles. The van der Waals surface area contributed by atoms with Crippen LogP contribution in [0.5, 0.6) is 5.75 Å². The van der Waals surface area contributed by atoms with Gasteiger partial charge >= 0.3 is 0 Å². The molecule has 0 saturated carbocycles. The van der Waals surface area contributed by atoms with Crippen LogP contribution >= 0.6 is 0 Å². The first-order valence-corrected chi connectivity index (χ1v) is 7.15. The zero-order valence-electron chi connectivity index (χ0n) is 11.5. The van der Waals surface area contributed by atoms with E-state index < -0.39 is 0 Å². The maximum atomic E-state index is 11.1. The maximum absolute atomic E-state index is 11.1. The van der Waals surface area contributed by atoms with Crippen molar-refractivity contribution in [2.24, 2.45) is 0 Å². The molecule has 0 bridgehead atoms. The molecule has 1 heterocycles. The highest BCUT2D eigenvalue weighted by Gasteiger charge is 2.19. The average molecular weight is 267 g/mol. The zero-order chi connectivity index (χ0) is 13.8. The Labute approximate surface area is 119 Å². The molecule has 0 unspecified atom stereocenters. The van der Waals surface area contributed by atoms with Gasteiger partial charge in [0.1, 0.15) is 0 Å². The molecule has 0 atom stereocenters. The predicted octanol–water partition coefficient (Wildman–Crippen LogP) is 3.91. The van der Waals surface area contributed by atoms with E-state index in [4.69, 9.17) is 0 Å². The van der Waals surface area contributed by atoms with Crippen molar-refractivity contribution in [1.82, 2.24) is 0 Å². The zero-order valence-corrected chi connectivity index (χ0v) is 11.5. The monoisotopic (exact) mass is 267 g/mol. The van der Waals surface area contributed by atoms with Crippen molar-refractivity contribution < 1.29 is 5.11 Å². The molecule has 0 aliphatic carbocycles. The van der Waals surface area contributed by atoms with E-state index in [9.17, 15) is 5.11 Å². The van der Waals surface area contributed by atoms with Gasteiger partial charge in [-0.05, 0) is 49.2 Å². The Morgan fingerprint density at radius 1 is 0.900 bits per heavy atom. The summed E-state index contributed by atoms with van der Waals surface area (Å²) in [5.74, 6) is 0.0781. The van der Waals surface area contributed by atoms with Gasteiger partial charge in [-0.2, -0.15) is 0 Å². The van der Waals surface area contributed by atoms with Gasteiger partial charge in [0.15, 0.2) is 5.75 Å². The molecule has 20 heavy (non-hydrogen) atoms. The molecule has 3 rings (SSSR count). The van der Waals surface area contributed by atoms with E-state index >= 15 is 0 Å². The van der Waals surface area contributed by atoms with Crippen molar-refractivity contribution in [3.05, 3.63) is 54.6 Å². The van der Waals surface area contributed by atoms with Crippen LogP contribution in [0.1, 0.15) is 12.8 Å². The minimum atomic E-state index is 0.0781. The lowest BCUT2D eigenvalue weighted by atomic mass is 10.0. The van der Waals surface area contributed by atoms with Gasteiger partial charge in [0, 0.05) is 30.5 Å². The fraction of sp³-hybridized carbons (Fsp3) is 0.294. The molecular formula is C17H19N2O. The number of benzene rings is 2. The maximum Gasteiger partial charge on any atom is 0.178 e. The van der Waals surface area contributed by atoms with Crippen LogP contribution in [0.4, 0.5) is 11.4 Å². The molecule has 1 saturated heterocycles. The van der Waals surface area contributed by atoms with Gasteiger partial charge in [-0.15, -0.1) is 0 Å². The van der Waals surface area contributed by atoms with Crippen molar-refractivity contribution in [3.63, 3.8) is 0 Å². The first-order valence-electron chi connectivity index (χ1n) is 7.15. The minimum absolute atomic E-state index is 0.0781. The van der Waals surface area contributed by atoms with Gasteiger partial charge in [0.2, 0.25) is 0 Å². The van der Waals surface area contributed by atoms with E-state index in [0.717, 1.165) is 31.6 Å². The SMILES string of the molecule is [O]c1ccc(N2CCC(Nc3ccccc3)CC2)cc1. The van der Waals surface area contributed by atoms with Crippen LogP contribution in [-0.2, 0) is 5.11 Å². The second-order valence-electron chi connectivity index (χ2n) is 5.27. The molecule has 3 heteroatoms. The molecule has 3 nitrogen and oxygen atoms in total. The largest absolute Gasteiger partial charge is 0.382 e. The standard InChI is InChI=1S/C17H19N2O/c20-17-8-6-16(7-9-17)19-12-10-15(11-13-19)18-14-4-2-1-3-5-14/h1-9,15,18H,10-13H2. The smallest absolute Gasteiger partial charge is 0.178 e. The van der Waals surface area contributed by atoms with Crippen molar-refractivity contribution in [1.29, 1.82) is 0 Å². The molecule has 0 aromatic heterocycles. The summed E-state index contributed by atoms with van der Waals surface area (Å²) >= 11 is 0.